The molecule has 1 aliphatic carbocycles. The number of imidazole rings is 1. The number of hydrogen-bond acceptors (Lipinski definition) is 5. The average Bonchev–Trinajstić information content (AvgIpc) is 3.31. The van der Waals surface area contributed by atoms with Gasteiger partial charge in [-0.05, 0) is 0 Å². The summed E-state index contributed by atoms with van der Waals surface area (Å²) in [5, 5.41) is 15.5. The molecule has 1 aliphatic heterocycles. The van der Waals surface area contributed by atoms with Crippen molar-refractivity contribution in [1.82, 2.24) is 14.9 Å². The molecule has 0 unspecified atom stereocenters. The van der Waals surface area contributed by atoms with Crippen LogP contribution in [-0.4, -0.2) is 37.9 Å². The van der Waals surface area contributed by atoms with Gasteiger partial charge >= 0.3 is 180 Å². The summed E-state index contributed by atoms with van der Waals surface area (Å²) < 4.78 is 5.23. The zero-order chi connectivity index (χ0) is 19.7. The Kier molecular flexibility index (Phi) is 5.71. The van der Waals surface area contributed by atoms with E-state index < -0.39 is 5.60 Å². The van der Waals surface area contributed by atoms with Gasteiger partial charge in [0.05, 0.1) is 0 Å². The van der Waals surface area contributed by atoms with Crippen molar-refractivity contribution >= 4 is 28.8 Å². The molecule has 28 heavy (non-hydrogen) atoms. The molecule has 0 saturated heterocycles. The molecule has 4 rings (SSSR count). The molecule has 1 saturated carbocycles. The van der Waals surface area contributed by atoms with Crippen molar-refractivity contribution in [3.8, 4) is 0 Å². The van der Waals surface area contributed by atoms with Crippen LogP contribution in [0.2, 0.25) is 0 Å². The van der Waals surface area contributed by atoms with Crippen LogP contribution in [0.15, 0.2) is 39.2 Å². The van der Waals surface area contributed by atoms with E-state index >= 15 is 0 Å². The van der Waals surface area contributed by atoms with Crippen LogP contribution in [0.5, 0.6) is 0 Å². The first kappa shape index (κ1) is 19.8. The fourth-order valence-corrected chi connectivity index (χ4v) is 7.40. The number of amides is 1. The van der Waals surface area contributed by atoms with E-state index in [0.29, 0.717) is 11.6 Å². The number of thiophene rings is 1. The molecule has 0 spiro atoms. The number of halogens is 1. The molecule has 2 aliphatic rings. The van der Waals surface area contributed by atoms with Gasteiger partial charge in [-0.25, -0.2) is 0 Å². The SMILES string of the molecule is CC(C)(O)C1CCC(NC(=O)C2=NC(n3ccnc3)=C[I-]c3ccsc32)CC1. The molecule has 0 radical (unpaired) electrons. The molecule has 6 nitrogen and oxygen atoms in total. The van der Waals surface area contributed by atoms with E-state index in [-0.39, 0.29) is 33.2 Å². The molecule has 2 aromatic heterocycles. The monoisotopic (exact) mass is 511 g/mol. The number of nitrogens with zero attached hydrogens (tertiary/aromatic N) is 3. The van der Waals surface area contributed by atoms with Crippen LogP contribution >= 0.6 is 11.3 Å². The van der Waals surface area contributed by atoms with Crippen LogP contribution in [0, 0.1) is 9.49 Å². The van der Waals surface area contributed by atoms with Crippen molar-refractivity contribution in [2.45, 2.75) is 51.2 Å². The standard InChI is InChI=1S/C20H24IN4O2S/c1-20(2,27)13-3-5-14(6-4-13)23-19(26)17-18-15(7-10-28-18)21-11-16(24-17)25-9-8-22-12-25/h7-14,27H,3-6H2,1-2H3,(H,23,26)/q-1. The van der Waals surface area contributed by atoms with Crippen molar-refractivity contribution in [2.75, 3.05) is 0 Å². The Labute approximate surface area is 179 Å². The number of fused-ring (bicyclic) bond motifs is 1. The number of rotatable bonds is 4. The van der Waals surface area contributed by atoms with Gasteiger partial charge in [0, 0.05) is 0 Å². The maximum atomic E-state index is 13.1. The number of carbonyl (C=O) groups is 1. The van der Waals surface area contributed by atoms with E-state index in [4.69, 9.17) is 4.99 Å². The maximum absolute atomic E-state index is 13.1. The van der Waals surface area contributed by atoms with Crippen LogP contribution in [-0.2, 0) is 4.79 Å². The van der Waals surface area contributed by atoms with Crippen LogP contribution in [0.1, 0.15) is 44.4 Å². The Morgan fingerprint density at radius 2 is 2.14 bits per heavy atom. The number of aromatic nitrogens is 2. The van der Waals surface area contributed by atoms with Crippen molar-refractivity contribution in [3.05, 3.63) is 42.7 Å². The Bertz CT molecular complexity index is 903. The van der Waals surface area contributed by atoms with Crippen LogP contribution < -0.4 is 26.5 Å². The van der Waals surface area contributed by atoms with Gasteiger partial charge in [-0.2, -0.15) is 0 Å². The van der Waals surface area contributed by atoms with Crippen molar-refractivity contribution in [2.24, 2.45) is 10.9 Å². The number of nitrogens with one attached hydrogen (secondary N) is 1. The normalized spacial score (nSPS) is 23.0. The Hall–Kier alpha value is -1.52. The molecule has 8 heteroatoms. The molecule has 0 bridgehead atoms. The Balaban J connectivity index is 1.52. The predicted octanol–water partition coefficient (Wildman–Crippen LogP) is -0.0921. The first-order valence-corrected chi connectivity index (χ1v) is 12.6. The quantitative estimate of drug-likeness (QED) is 0.564. The number of aliphatic hydroxyl groups is 1. The van der Waals surface area contributed by atoms with Gasteiger partial charge in [0.25, 0.3) is 0 Å². The number of hydrogen-bond donors (Lipinski definition) is 2. The molecule has 3 heterocycles. The predicted molar refractivity (Wildman–Crippen MR) is 106 cm³/mol. The summed E-state index contributed by atoms with van der Waals surface area (Å²) in [4.78, 5) is 23.0. The molecular formula is C20H24IN4O2S-. The summed E-state index contributed by atoms with van der Waals surface area (Å²) in [6, 6.07) is 2.24. The van der Waals surface area contributed by atoms with E-state index in [0.717, 1.165) is 36.4 Å². The van der Waals surface area contributed by atoms with E-state index in [1.807, 2.05) is 30.0 Å². The molecule has 0 aromatic carbocycles. The fraction of sp³-hybridized carbons (Fsp3) is 0.450. The summed E-state index contributed by atoms with van der Waals surface area (Å²) in [6.45, 7) is 3.75. The summed E-state index contributed by atoms with van der Waals surface area (Å²) in [5.74, 6) is 0.956. The first-order valence-electron chi connectivity index (χ1n) is 9.43. The van der Waals surface area contributed by atoms with Crippen molar-refractivity contribution in [1.29, 1.82) is 0 Å². The van der Waals surface area contributed by atoms with E-state index in [1.165, 1.54) is 3.57 Å². The molecule has 1 amide bonds. The minimum absolute atomic E-state index is 0.104. The van der Waals surface area contributed by atoms with Gasteiger partial charge in [0.2, 0.25) is 0 Å². The fourth-order valence-electron chi connectivity index (χ4n) is 3.71. The molecule has 2 aromatic rings. The average molecular weight is 511 g/mol. The zero-order valence-corrected chi connectivity index (χ0v) is 18.9. The van der Waals surface area contributed by atoms with Crippen LogP contribution in [0.4, 0.5) is 0 Å². The van der Waals surface area contributed by atoms with E-state index in [1.54, 1.807) is 23.9 Å². The molecule has 2 N–H and O–H groups in total. The molecule has 150 valence electrons. The Morgan fingerprint density at radius 1 is 1.36 bits per heavy atom. The third kappa shape index (κ3) is 4.23. The second-order valence-corrected chi connectivity index (χ2v) is 11.1. The first-order chi connectivity index (χ1) is 13.4. The zero-order valence-electron chi connectivity index (χ0n) is 15.9. The van der Waals surface area contributed by atoms with Gasteiger partial charge in [0.15, 0.2) is 0 Å². The molecular weight excluding hydrogens is 487 g/mol. The molecule has 1 fully saturated rings. The minimum atomic E-state index is -0.652. The van der Waals surface area contributed by atoms with Gasteiger partial charge in [-0.1, -0.05) is 0 Å². The van der Waals surface area contributed by atoms with Crippen LogP contribution in [0.3, 0.4) is 0 Å². The summed E-state index contributed by atoms with van der Waals surface area (Å²) in [5.41, 5.74) is -0.146. The van der Waals surface area contributed by atoms with Crippen molar-refractivity contribution < 1.29 is 31.1 Å². The Morgan fingerprint density at radius 3 is 2.82 bits per heavy atom. The van der Waals surface area contributed by atoms with Crippen LogP contribution in [0.25, 0.3) is 5.82 Å². The number of aliphatic imine (C=N–C) groups is 1. The van der Waals surface area contributed by atoms with Gasteiger partial charge in [-0.3, -0.25) is 0 Å². The third-order valence-corrected chi connectivity index (χ3v) is 9.10. The second-order valence-electron chi connectivity index (χ2n) is 7.78. The van der Waals surface area contributed by atoms with Gasteiger partial charge in [-0.15, -0.1) is 0 Å². The number of carbonyl (C=O) groups excluding carboxylic acids is 1. The summed E-state index contributed by atoms with van der Waals surface area (Å²) >= 11 is 1.23. The van der Waals surface area contributed by atoms with E-state index in [2.05, 4.69) is 20.4 Å². The summed E-state index contributed by atoms with van der Waals surface area (Å²) in [6.07, 6.45) is 8.92. The van der Waals surface area contributed by atoms with E-state index in [9.17, 15) is 9.90 Å². The summed E-state index contributed by atoms with van der Waals surface area (Å²) in [7, 11) is 0. The van der Waals surface area contributed by atoms with Gasteiger partial charge in [0.1, 0.15) is 0 Å². The topological polar surface area (TPSA) is 79.5 Å². The third-order valence-electron chi connectivity index (χ3n) is 5.37. The molecule has 0 atom stereocenters. The van der Waals surface area contributed by atoms with Gasteiger partial charge < -0.3 is 0 Å². The second kappa shape index (κ2) is 8.08. The van der Waals surface area contributed by atoms with Crippen molar-refractivity contribution in [3.63, 3.8) is 0 Å².